The van der Waals surface area contributed by atoms with Crippen LogP contribution in [0.2, 0.25) is 0 Å². The van der Waals surface area contributed by atoms with Crippen LogP contribution in [0.5, 0.6) is 0 Å². The van der Waals surface area contributed by atoms with E-state index in [1.54, 1.807) is 12.1 Å². The van der Waals surface area contributed by atoms with Gasteiger partial charge in [-0.15, -0.1) is 11.3 Å². The highest BCUT2D eigenvalue weighted by Gasteiger charge is 2.15. The highest BCUT2D eigenvalue weighted by Crippen LogP contribution is 2.26. The number of hydrogen-bond donors (Lipinski definition) is 1. The number of hydrogen-bond acceptors (Lipinski definition) is 3. The highest BCUT2D eigenvalue weighted by atomic mass is 79.9. The second-order valence-electron chi connectivity index (χ2n) is 4.78. The molecule has 0 saturated heterocycles. The van der Waals surface area contributed by atoms with Crippen molar-refractivity contribution in [3.63, 3.8) is 0 Å². The van der Waals surface area contributed by atoms with E-state index in [1.807, 2.05) is 24.3 Å². The fourth-order valence-corrected chi connectivity index (χ4v) is 4.78. The van der Waals surface area contributed by atoms with Crippen molar-refractivity contribution in [1.29, 1.82) is 0 Å². The summed E-state index contributed by atoms with van der Waals surface area (Å²) in [6, 6.07) is 11.3. The zero-order chi connectivity index (χ0) is 14.8. The van der Waals surface area contributed by atoms with Crippen molar-refractivity contribution in [1.82, 2.24) is 4.72 Å². The van der Waals surface area contributed by atoms with Gasteiger partial charge in [0, 0.05) is 6.54 Å². The molecule has 2 aromatic rings. The number of benzene rings is 1. The molecule has 0 fully saturated rings. The molecule has 108 valence electrons. The number of sulfonamides is 1. The maximum atomic E-state index is 12.1. The van der Waals surface area contributed by atoms with Crippen LogP contribution in [0.1, 0.15) is 30.9 Å². The lowest BCUT2D eigenvalue weighted by atomic mass is 10.0. The van der Waals surface area contributed by atoms with Crippen molar-refractivity contribution < 1.29 is 8.42 Å². The smallest absolute Gasteiger partial charge is 0.206 e. The first-order chi connectivity index (χ1) is 9.38. The Bertz CT molecular complexity index is 675. The molecule has 0 bridgehead atoms. The molecule has 20 heavy (non-hydrogen) atoms. The normalized spacial score (nSPS) is 12.0. The molecule has 0 unspecified atom stereocenters. The average molecular weight is 374 g/mol. The predicted molar refractivity (Wildman–Crippen MR) is 86.6 cm³/mol. The van der Waals surface area contributed by atoms with Crippen LogP contribution >= 0.6 is 27.3 Å². The molecule has 0 amide bonds. The van der Waals surface area contributed by atoms with Crippen molar-refractivity contribution in [3.05, 3.63) is 51.3 Å². The lowest BCUT2D eigenvalue weighted by Crippen LogP contribution is -2.22. The molecule has 0 radical (unpaired) electrons. The minimum Gasteiger partial charge on any atom is -0.206 e. The van der Waals surface area contributed by atoms with Gasteiger partial charge in [-0.1, -0.05) is 38.1 Å². The third-order valence-corrected chi connectivity index (χ3v) is 6.44. The molecule has 0 spiro atoms. The van der Waals surface area contributed by atoms with Crippen molar-refractivity contribution in [2.75, 3.05) is 0 Å². The summed E-state index contributed by atoms with van der Waals surface area (Å²) in [5, 5.41) is 0. The summed E-state index contributed by atoms with van der Waals surface area (Å²) in [5.41, 5.74) is 2.20. The second kappa shape index (κ2) is 6.39. The Morgan fingerprint density at radius 1 is 1.15 bits per heavy atom. The number of rotatable bonds is 5. The second-order valence-corrected chi connectivity index (χ2v) is 9.24. The highest BCUT2D eigenvalue weighted by molar-refractivity contribution is 9.11. The van der Waals surface area contributed by atoms with E-state index in [0.29, 0.717) is 16.7 Å². The predicted octanol–water partition coefficient (Wildman–Crippen LogP) is 4.11. The van der Waals surface area contributed by atoms with E-state index >= 15 is 0 Å². The lowest BCUT2D eigenvalue weighted by Gasteiger charge is -2.08. The van der Waals surface area contributed by atoms with Gasteiger partial charge in [-0.2, -0.15) is 0 Å². The summed E-state index contributed by atoms with van der Waals surface area (Å²) in [7, 11) is -3.43. The van der Waals surface area contributed by atoms with Gasteiger partial charge in [0.15, 0.2) is 0 Å². The molecule has 1 aromatic heterocycles. The van der Waals surface area contributed by atoms with E-state index < -0.39 is 10.0 Å². The van der Waals surface area contributed by atoms with E-state index in [-0.39, 0.29) is 0 Å². The van der Waals surface area contributed by atoms with Crippen molar-refractivity contribution in [2.45, 2.75) is 30.5 Å². The van der Waals surface area contributed by atoms with Gasteiger partial charge in [-0.25, -0.2) is 13.1 Å². The van der Waals surface area contributed by atoms with Gasteiger partial charge in [0.05, 0.1) is 3.79 Å². The van der Waals surface area contributed by atoms with Crippen molar-refractivity contribution in [3.8, 4) is 0 Å². The van der Waals surface area contributed by atoms with Crippen LogP contribution in [0, 0.1) is 0 Å². The zero-order valence-corrected chi connectivity index (χ0v) is 14.5. The van der Waals surface area contributed by atoms with Crippen LogP contribution in [-0.4, -0.2) is 8.42 Å². The molecule has 3 nitrogen and oxygen atoms in total. The average Bonchev–Trinajstić information content (AvgIpc) is 2.84. The molecule has 1 aromatic carbocycles. The molecule has 1 N–H and O–H groups in total. The first kappa shape index (κ1) is 15.7. The topological polar surface area (TPSA) is 46.2 Å². The van der Waals surface area contributed by atoms with E-state index in [4.69, 9.17) is 0 Å². The minimum absolute atomic E-state index is 0.302. The van der Waals surface area contributed by atoms with Gasteiger partial charge in [0.25, 0.3) is 0 Å². The van der Waals surface area contributed by atoms with Gasteiger partial charge in [0.1, 0.15) is 4.21 Å². The molecule has 2 rings (SSSR count). The monoisotopic (exact) mass is 373 g/mol. The molecule has 0 saturated carbocycles. The Morgan fingerprint density at radius 3 is 2.30 bits per heavy atom. The van der Waals surface area contributed by atoms with Crippen LogP contribution in [0.3, 0.4) is 0 Å². The minimum atomic E-state index is -3.43. The summed E-state index contributed by atoms with van der Waals surface area (Å²) >= 11 is 4.47. The molecule has 0 atom stereocenters. The van der Waals surface area contributed by atoms with Crippen LogP contribution < -0.4 is 4.72 Å². The Hall–Kier alpha value is -0.690. The van der Waals surface area contributed by atoms with E-state index in [2.05, 4.69) is 34.5 Å². The van der Waals surface area contributed by atoms with Crippen LogP contribution in [0.25, 0.3) is 0 Å². The quantitative estimate of drug-likeness (QED) is 0.856. The van der Waals surface area contributed by atoms with Crippen LogP contribution in [0.15, 0.2) is 44.4 Å². The molecule has 1 heterocycles. The first-order valence-electron chi connectivity index (χ1n) is 6.22. The van der Waals surface area contributed by atoms with Gasteiger partial charge in [-0.05, 0) is 45.1 Å². The number of halogens is 1. The van der Waals surface area contributed by atoms with Crippen LogP contribution in [-0.2, 0) is 16.6 Å². The molecular formula is C14H16BrNO2S2. The van der Waals surface area contributed by atoms with Crippen molar-refractivity contribution in [2.24, 2.45) is 0 Å². The summed E-state index contributed by atoms with van der Waals surface area (Å²) in [6.07, 6.45) is 0. The van der Waals surface area contributed by atoms with Gasteiger partial charge in [0.2, 0.25) is 10.0 Å². The van der Waals surface area contributed by atoms with Gasteiger partial charge < -0.3 is 0 Å². The Labute approximate surface area is 132 Å². The Balaban J connectivity index is 2.04. The lowest BCUT2D eigenvalue weighted by molar-refractivity contribution is 0.583. The van der Waals surface area contributed by atoms with Gasteiger partial charge in [-0.3, -0.25) is 0 Å². The fourth-order valence-electron chi connectivity index (χ4n) is 1.71. The molecule has 0 aliphatic rings. The van der Waals surface area contributed by atoms with Crippen LogP contribution in [0.4, 0.5) is 0 Å². The summed E-state index contributed by atoms with van der Waals surface area (Å²) in [5.74, 6) is 0.476. The third kappa shape index (κ3) is 3.91. The zero-order valence-electron chi connectivity index (χ0n) is 11.3. The maximum Gasteiger partial charge on any atom is 0.250 e. The third-order valence-electron chi connectivity index (χ3n) is 2.93. The number of nitrogens with one attached hydrogen (secondary N) is 1. The number of thiophene rings is 1. The Kier molecular flexibility index (Phi) is 5.01. The van der Waals surface area contributed by atoms with E-state index in [9.17, 15) is 8.42 Å². The summed E-state index contributed by atoms with van der Waals surface area (Å²) in [6.45, 7) is 4.56. The van der Waals surface area contributed by atoms with E-state index in [1.165, 1.54) is 16.9 Å². The molecule has 0 aliphatic heterocycles. The summed E-state index contributed by atoms with van der Waals surface area (Å²) in [4.78, 5) is 0. The largest absolute Gasteiger partial charge is 0.250 e. The Morgan fingerprint density at radius 2 is 1.80 bits per heavy atom. The standard InChI is InChI=1S/C14H16BrNO2S2/c1-10(2)12-5-3-11(4-6-12)9-16-20(17,18)14-8-7-13(15)19-14/h3-8,10,16H,9H2,1-2H3. The molecular weight excluding hydrogens is 358 g/mol. The van der Waals surface area contributed by atoms with E-state index in [0.717, 1.165) is 9.35 Å². The van der Waals surface area contributed by atoms with Gasteiger partial charge >= 0.3 is 0 Å². The fraction of sp³-hybridized carbons (Fsp3) is 0.286. The molecule has 0 aliphatic carbocycles. The SMILES string of the molecule is CC(C)c1ccc(CNS(=O)(=O)c2ccc(Br)s2)cc1. The molecule has 6 heteroatoms. The first-order valence-corrected chi connectivity index (χ1v) is 9.31. The summed E-state index contributed by atoms with van der Waals surface area (Å²) < 4.78 is 27.9. The maximum absolute atomic E-state index is 12.1. The van der Waals surface area contributed by atoms with Crippen molar-refractivity contribution >= 4 is 37.3 Å².